The molecular weight excluding hydrogens is 344 g/mol. The third kappa shape index (κ3) is 4.17. The number of nitrogens with zero attached hydrogens (tertiary/aromatic N) is 1. The van der Waals surface area contributed by atoms with E-state index in [0.29, 0.717) is 29.7 Å². The van der Waals surface area contributed by atoms with Gasteiger partial charge in [-0.05, 0) is 47.9 Å². The van der Waals surface area contributed by atoms with Crippen molar-refractivity contribution in [3.8, 4) is 6.07 Å². The molecular formula is C17H15BrN2O2. The maximum atomic E-state index is 12.1. The van der Waals surface area contributed by atoms with E-state index in [9.17, 15) is 9.90 Å². The number of nitrogens with one attached hydrogen (secondary N) is 1. The summed E-state index contributed by atoms with van der Waals surface area (Å²) in [5.41, 5.74) is 2.74. The van der Waals surface area contributed by atoms with Crippen molar-refractivity contribution in [2.24, 2.45) is 0 Å². The predicted octanol–water partition coefficient (Wildman–Crippen LogP) is 2.79. The molecule has 0 aromatic heterocycles. The summed E-state index contributed by atoms with van der Waals surface area (Å²) in [6, 6.07) is 14.5. The van der Waals surface area contributed by atoms with Crippen LogP contribution in [0, 0.1) is 11.3 Å². The van der Waals surface area contributed by atoms with E-state index in [1.165, 1.54) is 0 Å². The largest absolute Gasteiger partial charge is 0.392 e. The van der Waals surface area contributed by atoms with Gasteiger partial charge in [0.25, 0.3) is 5.91 Å². The van der Waals surface area contributed by atoms with E-state index in [1.54, 1.807) is 30.3 Å². The molecule has 0 saturated carbocycles. The summed E-state index contributed by atoms with van der Waals surface area (Å²) in [5, 5.41) is 20.9. The molecule has 112 valence electrons. The average Bonchev–Trinajstić information content (AvgIpc) is 2.55. The first-order valence-corrected chi connectivity index (χ1v) is 7.60. The second-order valence-electron chi connectivity index (χ2n) is 4.77. The van der Waals surface area contributed by atoms with Gasteiger partial charge in [-0.3, -0.25) is 4.79 Å². The molecule has 0 spiro atoms. The summed E-state index contributed by atoms with van der Waals surface area (Å²) in [5.74, 6) is -0.204. The van der Waals surface area contributed by atoms with Crippen molar-refractivity contribution < 1.29 is 9.90 Å². The Morgan fingerprint density at radius 2 is 1.95 bits per heavy atom. The minimum Gasteiger partial charge on any atom is -0.392 e. The molecule has 2 aromatic rings. The van der Waals surface area contributed by atoms with Gasteiger partial charge in [-0.2, -0.15) is 5.26 Å². The van der Waals surface area contributed by atoms with Gasteiger partial charge in [0.15, 0.2) is 0 Å². The Morgan fingerprint density at radius 3 is 2.59 bits per heavy atom. The zero-order valence-corrected chi connectivity index (χ0v) is 13.4. The molecule has 5 heteroatoms. The summed E-state index contributed by atoms with van der Waals surface area (Å²) in [7, 11) is 0. The molecule has 1 amide bonds. The summed E-state index contributed by atoms with van der Waals surface area (Å²) in [6.45, 7) is 0.309. The van der Waals surface area contributed by atoms with Crippen LogP contribution < -0.4 is 5.32 Å². The minimum absolute atomic E-state index is 0.183. The fraction of sp³-hybridized carbons (Fsp3) is 0.176. The molecule has 0 aliphatic heterocycles. The van der Waals surface area contributed by atoms with Crippen LogP contribution in [0.3, 0.4) is 0 Å². The number of carbonyl (C=O) groups is 1. The highest BCUT2D eigenvalue weighted by molar-refractivity contribution is 9.10. The molecule has 0 unspecified atom stereocenters. The Bertz CT molecular complexity index is 706. The summed E-state index contributed by atoms with van der Waals surface area (Å²) < 4.78 is 0.825. The SMILES string of the molecule is N#Cc1ccc(CCNC(=O)c2ccc(Br)cc2CO)cc1. The summed E-state index contributed by atoms with van der Waals surface area (Å²) >= 11 is 3.32. The molecule has 0 bridgehead atoms. The minimum atomic E-state index is -0.204. The second kappa shape index (κ2) is 7.74. The van der Waals surface area contributed by atoms with Gasteiger partial charge >= 0.3 is 0 Å². The zero-order valence-electron chi connectivity index (χ0n) is 11.8. The Balaban J connectivity index is 1.94. The zero-order chi connectivity index (χ0) is 15.9. The molecule has 2 aromatic carbocycles. The van der Waals surface area contributed by atoms with E-state index >= 15 is 0 Å². The number of aliphatic hydroxyl groups excluding tert-OH is 1. The van der Waals surface area contributed by atoms with Crippen molar-refractivity contribution in [2.45, 2.75) is 13.0 Å². The first-order chi connectivity index (χ1) is 10.6. The first-order valence-electron chi connectivity index (χ1n) is 6.80. The number of hydrogen-bond donors (Lipinski definition) is 2. The molecule has 2 rings (SSSR count). The van der Waals surface area contributed by atoms with E-state index < -0.39 is 0 Å². The Hall–Kier alpha value is -2.16. The van der Waals surface area contributed by atoms with Gasteiger partial charge < -0.3 is 10.4 Å². The van der Waals surface area contributed by atoms with Crippen LogP contribution in [0.1, 0.15) is 27.0 Å². The lowest BCUT2D eigenvalue weighted by Crippen LogP contribution is -2.26. The molecule has 4 nitrogen and oxygen atoms in total. The third-order valence-electron chi connectivity index (χ3n) is 3.26. The third-order valence-corrected chi connectivity index (χ3v) is 3.76. The molecule has 22 heavy (non-hydrogen) atoms. The number of benzene rings is 2. The molecule has 0 saturated heterocycles. The van der Waals surface area contributed by atoms with Crippen LogP contribution in [0.5, 0.6) is 0 Å². The quantitative estimate of drug-likeness (QED) is 0.862. The van der Waals surface area contributed by atoms with E-state index in [0.717, 1.165) is 10.0 Å². The van der Waals surface area contributed by atoms with Crippen LogP contribution >= 0.6 is 15.9 Å². The van der Waals surface area contributed by atoms with Gasteiger partial charge in [0.1, 0.15) is 0 Å². The Kier molecular flexibility index (Phi) is 5.70. The maximum Gasteiger partial charge on any atom is 0.251 e. The summed E-state index contributed by atoms with van der Waals surface area (Å²) in [4.78, 5) is 12.1. The van der Waals surface area contributed by atoms with E-state index in [-0.39, 0.29) is 12.5 Å². The monoisotopic (exact) mass is 358 g/mol. The normalized spacial score (nSPS) is 10.0. The number of aliphatic hydroxyl groups is 1. The standard InChI is InChI=1S/C17H15BrN2O2/c18-15-5-6-16(14(9-15)11-21)17(22)20-8-7-12-1-3-13(10-19)4-2-12/h1-6,9,21H,7-8,11H2,(H,20,22). The van der Waals surface area contributed by atoms with Gasteiger partial charge in [-0.1, -0.05) is 28.1 Å². The number of carbonyl (C=O) groups excluding carboxylic acids is 1. The smallest absolute Gasteiger partial charge is 0.251 e. The Morgan fingerprint density at radius 1 is 1.23 bits per heavy atom. The van der Waals surface area contributed by atoms with Crippen LogP contribution in [0.25, 0.3) is 0 Å². The number of halogens is 1. The fourth-order valence-corrected chi connectivity index (χ4v) is 2.48. The molecule has 0 atom stereocenters. The topological polar surface area (TPSA) is 73.1 Å². The van der Waals surface area contributed by atoms with Crippen LogP contribution in [0.2, 0.25) is 0 Å². The molecule has 0 aliphatic carbocycles. The van der Waals surface area contributed by atoms with E-state index in [4.69, 9.17) is 5.26 Å². The van der Waals surface area contributed by atoms with Gasteiger partial charge in [-0.15, -0.1) is 0 Å². The molecule has 0 fully saturated rings. The Labute approximate surface area is 137 Å². The van der Waals surface area contributed by atoms with Crippen molar-refractivity contribution in [3.63, 3.8) is 0 Å². The first kappa shape index (κ1) is 16.2. The summed E-state index contributed by atoms with van der Waals surface area (Å²) in [6.07, 6.45) is 0.683. The predicted molar refractivity (Wildman–Crippen MR) is 87.3 cm³/mol. The van der Waals surface area contributed by atoms with Crippen LogP contribution in [0.4, 0.5) is 0 Å². The highest BCUT2D eigenvalue weighted by Gasteiger charge is 2.10. The van der Waals surface area contributed by atoms with Crippen molar-refractivity contribution in [1.29, 1.82) is 5.26 Å². The number of hydrogen-bond acceptors (Lipinski definition) is 3. The maximum absolute atomic E-state index is 12.1. The molecule has 2 N–H and O–H groups in total. The number of amides is 1. The van der Waals surface area contributed by atoms with Crippen molar-refractivity contribution in [2.75, 3.05) is 6.54 Å². The van der Waals surface area contributed by atoms with Crippen molar-refractivity contribution in [1.82, 2.24) is 5.32 Å². The molecule has 0 aliphatic rings. The van der Waals surface area contributed by atoms with Gasteiger partial charge in [-0.25, -0.2) is 0 Å². The lowest BCUT2D eigenvalue weighted by atomic mass is 10.1. The lowest BCUT2D eigenvalue weighted by Gasteiger charge is -2.09. The average molecular weight is 359 g/mol. The number of nitriles is 1. The van der Waals surface area contributed by atoms with Gasteiger partial charge in [0.05, 0.1) is 18.2 Å². The highest BCUT2D eigenvalue weighted by atomic mass is 79.9. The fourth-order valence-electron chi connectivity index (χ4n) is 2.08. The molecule has 0 radical (unpaired) electrons. The molecule has 0 heterocycles. The van der Waals surface area contributed by atoms with Gasteiger partial charge in [0, 0.05) is 16.6 Å². The van der Waals surface area contributed by atoms with Crippen LogP contribution in [-0.2, 0) is 13.0 Å². The van der Waals surface area contributed by atoms with E-state index in [1.807, 2.05) is 12.1 Å². The number of rotatable bonds is 5. The van der Waals surface area contributed by atoms with Crippen LogP contribution in [0.15, 0.2) is 46.9 Å². The lowest BCUT2D eigenvalue weighted by molar-refractivity contribution is 0.0951. The highest BCUT2D eigenvalue weighted by Crippen LogP contribution is 2.16. The van der Waals surface area contributed by atoms with Crippen LogP contribution in [-0.4, -0.2) is 17.6 Å². The second-order valence-corrected chi connectivity index (χ2v) is 5.69. The van der Waals surface area contributed by atoms with E-state index in [2.05, 4.69) is 27.3 Å². The van der Waals surface area contributed by atoms with Gasteiger partial charge in [0.2, 0.25) is 0 Å². The van der Waals surface area contributed by atoms with Crippen molar-refractivity contribution >= 4 is 21.8 Å². The van der Waals surface area contributed by atoms with Crippen molar-refractivity contribution in [3.05, 3.63) is 69.2 Å².